The van der Waals surface area contributed by atoms with E-state index in [9.17, 15) is 9.90 Å². The number of aromatic nitrogens is 2. The number of hydrogen-bond donors (Lipinski definition) is 1. The molecule has 36 heavy (non-hydrogen) atoms. The summed E-state index contributed by atoms with van der Waals surface area (Å²) in [7, 11) is 0. The van der Waals surface area contributed by atoms with Gasteiger partial charge in [0.05, 0.1) is 23.1 Å². The van der Waals surface area contributed by atoms with Crippen molar-refractivity contribution < 1.29 is 14.6 Å². The van der Waals surface area contributed by atoms with Gasteiger partial charge in [0.25, 0.3) is 0 Å². The number of nitrogens with zero attached hydrogens (tertiary/aromatic N) is 2. The van der Waals surface area contributed by atoms with Gasteiger partial charge < -0.3 is 14.4 Å². The van der Waals surface area contributed by atoms with Gasteiger partial charge in [-0.1, -0.05) is 72.3 Å². The topological polar surface area (TPSA) is 64.4 Å². The lowest BCUT2D eigenvalue weighted by Crippen LogP contribution is -2.08. The molecule has 1 aromatic heterocycles. The Hall–Kier alpha value is -4.09. The van der Waals surface area contributed by atoms with E-state index in [-0.39, 0.29) is 12.2 Å². The molecule has 0 fully saturated rings. The summed E-state index contributed by atoms with van der Waals surface area (Å²) in [4.78, 5) is 16.4. The fraction of sp³-hybridized carbons (Fsp3) is 0.133. The molecule has 0 aliphatic rings. The van der Waals surface area contributed by atoms with Crippen LogP contribution in [-0.2, 0) is 13.2 Å². The van der Waals surface area contributed by atoms with Gasteiger partial charge in [0.1, 0.15) is 18.2 Å². The zero-order valence-electron chi connectivity index (χ0n) is 20.0. The average molecular weight is 497 g/mol. The van der Waals surface area contributed by atoms with Gasteiger partial charge in [0.2, 0.25) is 0 Å². The number of carboxylic acids is 1. The van der Waals surface area contributed by atoms with Crippen molar-refractivity contribution in [1.29, 1.82) is 0 Å². The second kappa shape index (κ2) is 9.88. The first-order chi connectivity index (χ1) is 17.4. The second-order valence-corrected chi connectivity index (χ2v) is 9.18. The first-order valence-corrected chi connectivity index (χ1v) is 12.0. The van der Waals surface area contributed by atoms with Crippen molar-refractivity contribution in [2.45, 2.75) is 27.0 Å². The average Bonchev–Trinajstić information content (AvgIpc) is 3.18. The highest BCUT2D eigenvalue weighted by molar-refractivity contribution is 6.31. The summed E-state index contributed by atoms with van der Waals surface area (Å²) < 4.78 is 8.13. The predicted octanol–water partition coefficient (Wildman–Crippen LogP) is 7.30. The van der Waals surface area contributed by atoms with Crippen molar-refractivity contribution in [1.82, 2.24) is 9.55 Å². The van der Waals surface area contributed by atoms with E-state index in [2.05, 4.69) is 28.8 Å². The maximum atomic E-state index is 11.7. The number of carbonyl (C=O) groups is 1. The van der Waals surface area contributed by atoms with Crippen LogP contribution in [0.5, 0.6) is 5.75 Å². The Morgan fingerprint density at radius 3 is 2.47 bits per heavy atom. The molecular formula is C30H25ClN2O3. The van der Waals surface area contributed by atoms with Crippen molar-refractivity contribution in [3.63, 3.8) is 0 Å². The SMILES string of the molecule is Cc1cccc(COc2ccc3nc(C)n(Cc4ccc(-c5ccccc5)cc4Cl)c3c2)c1C(=O)O. The molecule has 0 aliphatic carbocycles. The van der Waals surface area contributed by atoms with Gasteiger partial charge >= 0.3 is 5.97 Å². The molecule has 5 nitrogen and oxygen atoms in total. The van der Waals surface area contributed by atoms with Gasteiger partial charge in [-0.15, -0.1) is 0 Å². The van der Waals surface area contributed by atoms with Crippen LogP contribution < -0.4 is 4.74 Å². The van der Waals surface area contributed by atoms with Crippen LogP contribution in [0.15, 0.2) is 84.9 Å². The number of halogens is 1. The Labute approximate surface area is 214 Å². The van der Waals surface area contributed by atoms with Crippen LogP contribution in [0.4, 0.5) is 0 Å². The van der Waals surface area contributed by atoms with Crippen molar-refractivity contribution in [3.05, 3.63) is 118 Å². The summed E-state index contributed by atoms with van der Waals surface area (Å²) in [6, 6.07) is 27.4. The second-order valence-electron chi connectivity index (χ2n) is 8.77. The van der Waals surface area contributed by atoms with Crippen molar-refractivity contribution >= 4 is 28.6 Å². The number of ether oxygens (including phenoxy) is 1. The fourth-order valence-electron chi connectivity index (χ4n) is 4.48. The van der Waals surface area contributed by atoms with Crippen molar-refractivity contribution in [3.8, 4) is 16.9 Å². The third-order valence-electron chi connectivity index (χ3n) is 6.37. The van der Waals surface area contributed by atoms with Crippen LogP contribution >= 0.6 is 11.6 Å². The van der Waals surface area contributed by atoms with Crippen molar-refractivity contribution in [2.75, 3.05) is 0 Å². The Balaban J connectivity index is 1.41. The van der Waals surface area contributed by atoms with E-state index < -0.39 is 5.97 Å². The number of carboxylic acid groups (broad SMARTS) is 1. The van der Waals surface area contributed by atoms with E-state index in [1.165, 1.54) is 0 Å². The normalized spacial score (nSPS) is 11.1. The van der Waals surface area contributed by atoms with Crippen LogP contribution in [0.25, 0.3) is 22.2 Å². The lowest BCUT2D eigenvalue weighted by molar-refractivity contribution is 0.0693. The molecule has 6 heteroatoms. The standard InChI is InChI=1S/C30H25ClN2O3/c1-19-7-6-10-24(29(19)30(34)35)18-36-25-13-14-27-28(16-25)33(20(2)32-27)17-23-12-11-22(15-26(23)31)21-8-4-3-5-9-21/h3-16H,17-18H2,1-2H3,(H,34,35). The molecule has 0 unspecified atom stereocenters. The van der Waals surface area contributed by atoms with Crippen molar-refractivity contribution in [2.24, 2.45) is 0 Å². The van der Waals surface area contributed by atoms with E-state index in [0.717, 1.165) is 33.5 Å². The molecule has 0 atom stereocenters. The third kappa shape index (κ3) is 4.70. The number of aryl methyl sites for hydroxylation is 2. The maximum Gasteiger partial charge on any atom is 0.336 e. The molecule has 180 valence electrons. The summed E-state index contributed by atoms with van der Waals surface area (Å²) in [5.41, 5.74) is 6.61. The summed E-state index contributed by atoms with van der Waals surface area (Å²) in [5, 5.41) is 10.3. The van der Waals surface area contributed by atoms with Crippen LogP contribution in [0.2, 0.25) is 5.02 Å². The minimum absolute atomic E-state index is 0.161. The first kappa shape index (κ1) is 23.6. The molecule has 0 radical (unpaired) electrons. The molecule has 1 heterocycles. The predicted molar refractivity (Wildman–Crippen MR) is 143 cm³/mol. The van der Waals surface area contributed by atoms with Gasteiger partial charge in [-0.2, -0.15) is 0 Å². The largest absolute Gasteiger partial charge is 0.489 e. The summed E-state index contributed by atoms with van der Waals surface area (Å²) in [6.45, 7) is 4.49. The summed E-state index contributed by atoms with van der Waals surface area (Å²) in [5.74, 6) is 0.565. The Bertz CT molecular complexity index is 1570. The number of imidazole rings is 1. The Morgan fingerprint density at radius 2 is 1.72 bits per heavy atom. The summed E-state index contributed by atoms with van der Waals surface area (Å²) >= 11 is 6.70. The molecule has 4 aromatic carbocycles. The molecule has 0 aliphatic heterocycles. The van der Waals surface area contributed by atoms with E-state index in [1.807, 2.05) is 55.5 Å². The molecule has 0 bridgehead atoms. The van der Waals surface area contributed by atoms with Crippen LogP contribution in [0.1, 0.15) is 32.9 Å². The smallest absolute Gasteiger partial charge is 0.336 e. The van der Waals surface area contributed by atoms with Crippen LogP contribution in [0, 0.1) is 13.8 Å². The minimum Gasteiger partial charge on any atom is -0.489 e. The lowest BCUT2D eigenvalue weighted by Gasteiger charge is -2.13. The van der Waals surface area contributed by atoms with Gasteiger partial charge in [0.15, 0.2) is 0 Å². The number of aromatic carboxylic acids is 1. The maximum absolute atomic E-state index is 11.7. The van der Waals surface area contributed by atoms with Gasteiger partial charge in [0, 0.05) is 16.7 Å². The highest BCUT2D eigenvalue weighted by Crippen LogP contribution is 2.29. The van der Waals surface area contributed by atoms with E-state index >= 15 is 0 Å². The van der Waals surface area contributed by atoms with Crippen LogP contribution in [0.3, 0.4) is 0 Å². The molecule has 0 spiro atoms. The monoisotopic (exact) mass is 496 g/mol. The zero-order chi connectivity index (χ0) is 25.2. The third-order valence-corrected chi connectivity index (χ3v) is 6.72. The van der Waals surface area contributed by atoms with Crippen LogP contribution in [-0.4, -0.2) is 20.6 Å². The Morgan fingerprint density at radius 1 is 0.917 bits per heavy atom. The van der Waals surface area contributed by atoms with E-state index in [0.29, 0.717) is 28.4 Å². The molecular weight excluding hydrogens is 472 g/mol. The number of benzene rings is 4. The molecule has 5 rings (SSSR count). The molecule has 0 saturated carbocycles. The molecule has 0 amide bonds. The molecule has 5 aromatic rings. The fourth-order valence-corrected chi connectivity index (χ4v) is 4.72. The number of hydrogen-bond acceptors (Lipinski definition) is 3. The highest BCUT2D eigenvalue weighted by Gasteiger charge is 2.15. The number of rotatable bonds is 7. The zero-order valence-corrected chi connectivity index (χ0v) is 20.8. The molecule has 1 N–H and O–H groups in total. The van der Waals surface area contributed by atoms with E-state index in [1.54, 1.807) is 19.1 Å². The van der Waals surface area contributed by atoms with E-state index in [4.69, 9.17) is 21.3 Å². The quantitative estimate of drug-likeness (QED) is 0.257. The Kier molecular flexibility index (Phi) is 6.49. The summed E-state index contributed by atoms with van der Waals surface area (Å²) in [6.07, 6.45) is 0. The van der Waals surface area contributed by atoms with Gasteiger partial charge in [-0.05, 0) is 54.3 Å². The van der Waals surface area contributed by atoms with Gasteiger partial charge in [-0.25, -0.2) is 9.78 Å². The lowest BCUT2D eigenvalue weighted by atomic mass is 10.0. The highest BCUT2D eigenvalue weighted by atomic mass is 35.5. The first-order valence-electron chi connectivity index (χ1n) is 11.7. The minimum atomic E-state index is -0.953. The molecule has 0 saturated heterocycles. The van der Waals surface area contributed by atoms with Gasteiger partial charge in [-0.3, -0.25) is 0 Å². The number of fused-ring (bicyclic) bond motifs is 1.